The molecule has 0 saturated carbocycles. The lowest BCUT2D eigenvalue weighted by Gasteiger charge is -2.11. The van der Waals surface area contributed by atoms with E-state index in [9.17, 15) is 18.0 Å². The van der Waals surface area contributed by atoms with Gasteiger partial charge < -0.3 is 15.5 Å². The summed E-state index contributed by atoms with van der Waals surface area (Å²) >= 11 is 0. The number of rotatable bonds is 4. The Balaban J connectivity index is 2.57. The number of amides is 2. The molecule has 4 nitrogen and oxygen atoms in total. The number of nitrogens with one attached hydrogen (secondary N) is 2. The van der Waals surface area contributed by atoms with Crippen molar-refractivity contribution in [3.05, 3.63) is 29.6 Å². The van der Waals surface area contributed by atoms with Crippen molar-refractivity contribution in [2.45, 2.75) is 0 Å². The highest BCUT2D eigenvalue weighted by atomic mass is 19.2. The largest absolute Gasteiger partial charge is 0.337 e. The van der Waals surface area contributed by atoms with Crippen molar-refractivity contribution >= 4 is 11.7 Å². The van der Waals surface area contributed by atoms with E-state index in [2.05, 4.69) is 10.6 Å². The predicted octanol–water partition coefficient (Wildman–Crippen LogP) is 1.79. The number of benzene rings is 1. The average molecular weight is 261 g/mol. The molecule has 1 aromatic rings. The predicted molar refractivity (Wildman–Crippen MR) is 61.9 cm³/mol. The SMILES string of the molecule is CN(C)CCNC(=O)Nc1ccc(F)c(F)c1F. The summed E-state index contributed by atoms with van der Waals surface area (Å²) in [6, 6.07) is 1.02. The number of hydrogen-bond acceptors (Lipinski definition) is 2. The minimum Gasteiger partial charge on any atom is -0.337 e. The Morgan fingerprint density at radius 3 is 2.50 bits per heavy atom. The van der Waals surface area contributed by atoms with Gasteiger partial charge in [-0.15, -0.1) is 0 Å². The maximum absolute atomic E-state index is 13.2. The van der Waals surface area contributed by atoms with Crippen LogP contribution in [0, 0.1) is 17.5 Å². The smallest absolute Gasteiger partial charge is 0.319 e. The Kier molecular flexibility index (Phi) is 4.96. The Bertz CT molecular complexity index is 438. The zero-order valence-electron chi connectivity index (χ0n) is 10.1. The van der Waals surface area contributed by atoms with Gasteiger partial charge in [-0.25, -0.2) is 18.0 Å². The van der Waals surface area contributed by atoms with E-state index < -0.39 is 29.2 Å². The van der Waals surface area contributed by atoms with Gasteiger partial charge in [0.1, 0.15) is 0 Å². The first-order valence-corrected chi connectivity index (χ1v) is 5.25. The number of carbonyl (C=O) groups is 1. The molecule has 2 amide bonds. The maximum Gasteiger partial charge on any atom is 0.319 e. The molecule has 0 aliphatic rings. The molecule has 1 rings (SSSR count). The van der Waals surface area contributed by atoms with Crippen molar-refractivity contribution in [3.63, 3.8) is 0 Å². The lowest BCUT2D eigenvalue weighted by atomic mass is 10.3. The summed E-state index contributed by atoms with van der Waals surface area (Å²) < 4.78 is 38.7. The molecule has 0 aliphatic carbocycles. The first-order valence-electron chi connectivity index (χ1n) is 5.25. The van der Waals surface area contributed by atoms with Gasteiger partial charge in [-0.1, -0.05) is 0 Å². The van der Waals surface area contributed by atoms with E-state index in [0.717, 1.165) is 12.1 Å². The van der Waals surface area contributed by atoms with Gasteiger partial charge in [-0.05, 0) is 26.2 Å². The molecule has 0 fully saturated rings. The minimum atomic E-state index is -1.61. The summed E-state index contributed by atoms with van der Waals surface area (Å²) in [7, 11) is 3.66. The molecule has 100 valence electrons. The zero-order valence-corrected chi connectivity index (χ0v) is 10.1. The first kappa shape index (κ1) is 14.3. The number of halogens is 3. The summed E-state index contributed by atoms with van der Waals surface area (Å²) in [6.45, 7) is 0.956. The fourth-order valence-corrected chi connectivity index (χ4v) is 1.18. The minimum absolute atomic E-state index is 0.351. The molecule has 7 heteroatoms. The second-order valence-electron chi connectivity index (χ2n) is 3.91. The lowest BCUT2D eigenvalue weighted by Crippen LogP contribution is -2.34. The fourth-order valence-electron chi connectivity index (χ4n) is 1.18. The quantitative estimate of drug-likeness (QED) is 0.811. The van der Waals surface area contributed by atoms with Crippen LogP contribution in [0.25, 0.3) is 0 Å². The molecule has 0 aromatic heterocycles. The van der Waals surface area contributed by atoms with Crippen molar-refractivity contribution in [3.8, 4) is 0 Å². The third-order valence-corrected chi connectivity index (χ3v) is 2.13. The van der Waals surface area contributed by atoms with Crippen LogP contribution in [-0.2, 0) is 0 Å². The lowest BCUT2D eigenvalue weighted by molar-refractivity contribution is 0.250. The van der Waals surface area contributed by atoms with E-state index >= 15 is 0 Å². The molecule has 18 heavy (non-hydrogen) atoms. The van der Waals surface area contributed by atoms with E-state index in [1.807, 2.05) is 19.0 Å². The Morgan fingerprint density at radius 1 is 1.22 bits per heavy atom. The molecule has 1 aromatic carbocycles. The third-order valence-electron chi connectivity index (χ3n) is 2.13. The highest BCUT2D eigenvalue weighted by molar-refractivity contribution is 5.89. The molecule has 2 N–H and O–H groups in total. The number of anilines is 1. The Hall–Kier alpha value is -1.76. The first-order chi connectivity index (χ1) is 8.41. The van der Waals surface area contributed by atoms with Crippen molar-refractivity contribution in [1.82, 2.24) is 10.2 Å². The van der Waals surface area contributed by atoms with Gasteiger partial charge in [-0.3, -0.25) is 0 Å². The average Bonchev–Trinajstić information content (AvgIpc) is 2.29. The van der Waals surface area contributed by atoms with Crippen molar-refractivity contribution in [2.75, 3.05) is 32.5 Å². The molecule has 0 bridgehead atoms. The molecule has 0 saturated heterocycles. The van der Waals surface area contributed by atoms with E-state index in [1.54, 1.807) is 0 Å². The van der Waals surface area contributed by atoms with Crippen molar-refractivity contribution in [2.24, 2.45) is 0 Å². The van der Waals surface area contributed by atoms with Crippen LogP contribution in [0.4, 0.5) is 23.7 Å². The van der Waals surface area contributed by atoms with Gasteiger partial charge in [0.2, 0.25) is 0 Å². The van der Waals surface area contributed by atoms with Crippen molar-refractivity contribution in [1.29, 1.82) is 0 Å². The standard InChI is InChI=1S/C11H14F3N3O/c1-17(2)6-5-15-11(18)16-8-4-3-7(12)9(13)10(8)14/h3-4H,5-6H2,1-2H3,(H2,15,16,18). The van der Waals surface area contributed by atoms with Crippen LogP contribution >= 0.6 is 0 Å². The summed E-state index contributed by atoms with van der Waals surface area (Å²) in [5, 5.41) is 4.55. The van der Waals surface area contributed by atoms with Gasteiger partial charge >= 0.3 is 6.03 Å². The van der Waals surface area contributed by atoms with E-state index in [1.165, 1.54) is 0 Å². The van der Waals surface area contributed by atoms with Crippen LogP contribution in [0.15, 0.2) is 12.1 Å². The Morgan fingerprint density at radius 2 is 1.89 bits per heavy atom. The van der Waals surface area contributed by atoms with Crippen LogP contribution in [-0.4, -0.2) is 38.1 Å². The van der Waals surface area contributed by atoms with Crippen LogP contribution in [0.2, 0.25) is 0 Å². The number of likely N-dealkylation sites (N-methyl/N-ethyl adjacent to an activating group) is 1. The molecular formula is C11H14F3N3O. The molecular weight excluding hydrogens is 247 g/mol. The van der Waals surface area contributed by atoms with Crippen molar-refractivity contribution < 1.29 is 18.0 Å². The van der Waals surface area contributed by atoms with Gasteiger partial charge in [0.25, 0.3) is 0 Å². The molecule has 0 radical (unpaired) electrons. The number of carbonyl (C=O) groups excluding carboxylic acids is 1. The topological polar surface area (TPSA) is 44.4 Å². The number of hydrogen-bond donors (Lipinski definition) is 2. The normalized spacial score (nSPS) is 10.6. The summed E-state index contributed by atoms with van der Waals surface area (Å²) in [5.41, 5.74) is -0.406. The van der Waals surface area contributed by atoms with Crippen LogP contribution < -0.4 is 10.6 Å². The molecule has 0 heterocycles. The van der Waals surface area contributed by atoms with Crippen LogP contribution in [0.5, 0.6) is 0 Å². The molecule has 0 aliphatic heterocycles. The highest BCUT2D eigenvalue weighted by Crippen LogP contribution is 2.19. The summed E-state index contributed by atoms with van der Waals surface area (Å²) in [4.78, 5) is 13.2. The molecule has 0 atom stereocenters. The number of nitrogens with zero attached hydrogens (tertiary/aromatic N) is 1. The third kappa shape index (κ3) is 3.92. The highest BCUT2D eigenvalue weighted by Gasteiger charge is 2.14. The summed E-state index contributed by atoms with van der Waals surface area (Å²) in [6.07, 6.45) is 0. The molecule has 0 spiro atoms. The van der Waals surface area contributed by atoms with Gasteiger partial charge in [0.05, 0.1) is 5.69 Å². The second kappa shape index (κ2) is 6.25. The van der Waals surface area contributed by atoms with E-state index in [0.29, 0.717) is 13.1 Å². The molecule has 0 unspecified atom stereocenters. The maximum atomic E-state index is 13.2. The van der Waals surface area contributed by atoms with E-state index in [4.69, 9.17) is 0 Å². The van der Waals surface area contributed by atoms with Gasteiger partial charge in [0.15, 0.2) is 17.5 Å². The second-order valence-corrected chi connectivity index (χ2v) is 3.91. The van der Waals surface area contributed by atoms with E-state index in [-0.39, 0.29) is 0 Å². The number of urea groups is 1. The monoisotopic (exact) mass is 261 g/mol. The van der Waals surface area contributed by atoms with Gasteiger partial charge in [-0.2, -0.15) is 0 Å². The van der Waals surface area contributed by atoms with Crippen LogP contribution in [0.3, 0.4) is 0 Å². The van der Waals surface area contributed by atoms with Crippen LogP contribution in [0.1, 0.15) is 0 Å². The zero-order chi connectivity index (χ0) is 13.7. The van der Waals surface area contributed by atoms with Gasteiger partial charge in [0, 0.05) is 13.1 Å². The fraction of sp³-hybridized carbons (Fsp3) is 0.364. The Labute approximate surface area is 103 Å². The summed E-state index contributed by atoms with van der Waals surface area (Å²) in [5.74, 6) is -4.33.